The van der Waals surface area contributed by atoms with Crippen molar-refractivity contribution in [2.24, 2.45) is 22.4 Å². The summed E-state index contributed by atoms with van der Waals surface area (Å²) in [4.78, 5) is 120. The van der Waals surface area contributed by atoms with Crippen molar-refractivity contribution in [2.45, 2.75) is 192 Å². The Labute approximate surface area is 438 Å². The predicted molar refractivity (Wildman–Crippen MR) is 271 cm³/mol. The molecule has 75 heavy (non-hydrogen) atoms. The predicted octanol–water partition coefficient (Wildman–Crippen LogP) is -1.08. The van der Waals surface area contributed by atoms with E-state index in [-0.39, 0.29) is 95.1 Å². The molecule has 9 atom stereocenters. The second kappa shape index (κ2) is 35.9. The largest absolute Gasteiger partial charge is 0.480 e. The van der Waals surface area contributed by atoms with Crippen LogP contribution in [0.25, 0.3) is 0 Å². The van der Waals surface area contributed by atoms with Crippen molar-refractivity contribution in [3.8, 4) is 0 Å². The second-order valence-corrected chi connectivity index (χ2v) is 18.9. The van der Waals surface area contributed by atoms with Gasteiger partial charge in [-0.3, -0.25) is 49.0 Å². The molecule has 27 nitrogen and oxygen atoms in total. The van der Waals surface area contributed by atoms with Gasteiger partial charge in [-0.05, 0) is 57.8 Å². The van der Waals surface area contributed by atoms with Crippen LogP contribution in [0.5, 0.6) is 0 Å². The first-order valence-electron chi connectivity index (χ1n) is 25.8. The number of hydroxylamine groups is 4. The zero-order valence-corrected chi connectivity index (χ0v) is 43.9. The minimum absolute atomic E-state index is 0.00508. The number of amides is 7. The molecule has 0 aromatic heterocycles. The lowest BCUT2D eigenvalue weighted by Crippen LogP contribution is -2.62. The van der Waals surface area contributed by atoms with E-state index in [4.69, 9.17) is 11.5 Å². The highest BCUT2D eigenvalue weighted by Gasteiger charge is 2.41. The Morgan fingerprint density at radius 1 is 0.693 bits per heavy atom. The van der Waals surface area contributed by atoms with E-state index >= 15 is 0 Å². The van der Waals surface area contributed by atoms with Gasteiger partial charge in [0.25, 0.3) is 0 Å². The van der Waals surface area contributed by atoms with Gasteiger partial charge < -0.3 is 68.5 Å². The quantitative estimate of drug-likeness (QED) is 0.0114. The molecule has 1 unspecified atom stereocenters. The minimum atomic E-state index is -2.61. The van der Waals surface area contributed by atoms with Crippen molar-refractivity contribution in [3.63, 3.8) is 0 Å². The lowest BCUT2D eigenvalue weighted by Gasteiger charge is -2.33. The van der Waals surface area contributed by atoms with Gasteiger partial charge in [0.05, 0.1) is 30.7 Å². The molecule has 1 saturated heterocycles. The molecule has 1 heterocycles. The molecule has 0 spiro atoms. The highest BCUT2D eigenvalue weighted by Crippen LogP contribution is 2.24. The molecule has 1 aliphatic heterocycles. The van der Waals surface area contributed by atoms with Crippen molar-refractivity contribution in [3.05, 3.63) is 12.3 Å². The average Bonchev–Trinajstić information content (AvgIpc) is 3.86. The average molecular weight is 1070 g/mol. The van der Waals surface area contributed by atoms with E-state index in [0.29, 0.717) is 23.0 Å². The Morgan fingerprint density at radius 3 is 1.76 bits per heavy atom. The van der Waals surface area contributed by atoms with Crippen molar-refractivity contribution < 1.29 is 79.1 Å². The number of aliphatic imine (C=N–C) groups is 1. The van der Waals surface area contributed by atoms with Gasteiger partial charge in [-0.2, -0.15) is 0 Å². The lowest BCUT2D eigenvalue weighted by atomic mass is 9.93. The number of hydrogen-bond acceptors (Lipinski definition) is 16. The van der Waals surface area contributed by atoms with E-state index in [2.05, 4.69) is 45.1 Å². The molecule has 428 valence electrons. The fourth-order valence-corrected chi connectivity index (χ4v) is 8.31. The molecule has 27 heteroatoms. The van der Waals surface area contributed by atoms with Gasteiger partial charge >= 0.3 is 11.9 Å². The van der Waals surface area contributed by atoms with Crippen LogP contribution in [-0.4, -0.2) is 191 Å². The Balaban J connectivity index is 3.24. The molecule has 0 saturated carbocycles. The normalized spacial score (nSPS) is 16.3. The maximum absolute atomic E-state index is 14.1. The molecule has 16 N–H and O–H groups in total. The number of guanidine groups is 1. The molecule has 1 aliphatic rings. The standard InChI is InChI=1S/C48H85N11O16/c1-6-7-8-9-10-11-12-13-14-23-38(63)53-33(19-15-24-51-48(49)50)40(64)29(2)42(66)56-39(41(65)47(72)73)44(68)55-36(28-60)45(69)57-25-18-22-37(57)30(3)52-34(20-16-26-58(74)31(4)61)43(67)54-35(46(70)71)21-17-27-59(75)32(5)62/h29,33-37,39-41,52,60,64-65,74-75H,3,6-28H2,1-2,4-5H3,(H,53,63)(H,54,67)(H,55,68)(H,56,66)(H,70,71)(H,72,73)(H4,49,50,51)/t29-,33-,34?,35-,36+,37-,39-,40-,41-/m0/s1. The summed E-state index contributed by atoms with van der Waals surface area (Å²) in [6, 6.07) is -8.82. The van der Waals surface area contributed by atoms with Crippen LogP contribution >= 0.6 is 0 Å². The second-order valence-electron chi connectivity index (χ2n) is 18.9. The van der Waals surface area contributed by atoms with Crippen LogP contribution in [0, 0.1) is 5.92 Å². The number of rotatable bonds is 39. The molecular weight excluding hydrogens is 987 g/mol. The number of carbonyl (C=O) groups is 9. The van der Waals surface area contributed by atoms with Crippen LogP contribution in [-0.2, 0) is 43.2 Å². The van der Waals surface area contributed by atoms with Crippen LogP contribution in [0.3, 0.4) is 0 Å². The molecule has 7 amide bonds. The van der Waals surface area contributed by atoms with E-state index in [1.165, 1.54) is 24.7 Å². The highest BCUT2D eigenvalue weighted by molar-refractivity contribution is 5.96. The number of carboxylic acids is 2. The minimum Gasteiger partial charge on any atom is -0.480 e. The number of hydrogen-bond donors (Lipinski definition) is 14. The number of nitrogens with one attached hydrogen (secondary N) is 5. The van der Waals surface area contributed by atoms with Gasteiger partial charge in [0.2, 0.25) is 41.4 Å². The van der Waals surface area contributed by atoms with Crippen molar-refractivity contribution in [2.75, 3.05) is 32.8 Å². The van der Waals surface area contributed by atoms with Crippen molar-refractivity contribution in [1.29, 1.82) is 0 Å². The number of likely N-dealkylation sites (tertiary alicyclic amines) is 1. The molecule has 0 aromatic rings. The Bertz CT molecular complexity index is 1910. The molecular formula is C48H85N11O16. The van der Waals surface area contributed by atoms with E-state index in [1.807, 2.05) is 0 Å². The fourth-order valence-electron chi connectivity index (χ4n) is 8.31. The first-order chi connectivity index (χ1) is 35.4. The zero-order chi connectivity index (χ0) is 56.8. The molecule has 1 fully saturated rings. The molecule has 0 bridgehead atoms. The van der Waals surface area contributed by atoms with Crippen LogP contribution in [0.1, 0.15) is 143 Å². The Kier molecular flexibility index (Phi) is 32.0. The summed E-state index contributed by atoms with van der Waals surface area (Å²) in [5.41, 5.74) is 10.9. The summed E-state index contributed by atoms with van der Waals surface area (Å²) >= 11 is 0. The smallest absolute Gasteiger partial charge is 0.335 e. The van der Waals surface area contributed by atoms with Gasteiger partial charge in [-0.1, -0.05) is 71.8 Å². The summed E-state index contributed by atoms with van der Waals surface area (Å²) in [6.45, 7) is 8.23. The van der Waals surface area contributed by atoms with E-state index < -0.39 is 108 Å². The van der Waals surface area contributed by atoms with Gasteiger partial charge in [0.15, 0.2) is 12.1 Å². The Hall–Kier alpha value is -6.16. The first-order valence-corrected chi connectivity index (χ1v) is 25.8. The molecule has 0 aliphatic carbocycles. The number of carbonyl (C=O) groups excluding carboxylic acids is 7. The maximum Gasteiger partial charge on any atom is 0.335 e. The summed E-state index contributed by atoms with van der Waals surface area (Å²) in [7, 11) is 0. The number of aliphatic hydroxyl groups excluding tert-OH is 3. The number of aliphatic carboxylic acids is 2. The topological polar surface area (TPSA) is 430 Å². The number of carboxylic acid groups (broad SMARTS) is 2. The van der Waals surface area contributed by atoms with Gasteiger partial charge in [0, 0.05) is 52.1 Å². The highest BCUT2D eigenvalue weighted by atomic mass is 16.5. The third kappa shape index (κ3) is 25.3. The van der Waals surface area contributed by atoms with Crippen molar-refractivity contribution >= 4 is 59.2 Å². The zero-order valence-electron chi connectivity index (χ0n) is 43.9. The third-order valence-corrected chi connectivity index (χ3v) is 12.8. The van der Waals surface area contributed by atoms with Crippen LogP contribution < -0.4 is 38.1 Å². The SMILES string of the molecule is C=C(NC(CCCN(O)C(C)=O)C(=O)N[C@@H](CCCN(O)C(C)=O)C(=O)O)[C@@H]1CCCN1C(=O)[C@@H](CO)NC(=O)[C@@H](NC(=O)[C@@H](C)[C@H](O)[C@H](CCCN=C(N)N)NC(=O)CCCCCCCCCCC)[C@H](O)C(=O)O. The Morgan fingerprint density at radius 2 is 1.24 bits per heavy atom. The lowest BCUT2D eigenvalue weighted by molar-refractivity contribution is -0.163. The summed E-state index contributed by atoms with van der Waals surface area (Å²) < 4.78 is 0. The van der Waals surface area contributed by atoms with Gasteiger partial charge in [-0.25, -0.2) is 19.7 Å². The number of nitrogens with zero attached hydrogens (tertiary/aromatic N) is 4. The van der Waals surface area contributed by atoms with Crippen molar-refractivity contribution in [1.82, 2.24) is 41.6 Å². The summed E-state index contributed by atoms with van der Waals surface area (Å²) in [5, 5.41) is 84.9. The van der Waals surface area contributed by atoms with E-state index in [0.717, 1.165) is 52.4 Å². The molecule has 0 radical (unpaired) electrons. The number of aliphatic hydroxyl groups is 3. The third-order valence-electron chi connectivity index (χ3n) is 12.8. The van der Waals surface area contributed by atoms with E-state index in [9.17, 15) is 79.1 Å². The van der Waals surface area contributed by atoms with Gasteiger partial charge in [-0.15, -0.1) is 0 Å². The van der Waals surface area contributed by atoms with Crippen LogP contribution in [0.4, 0.5) is 0 Å². The van der Waals surface area contributed by atoms with E-state index in [1.54, 1.807) is 0 Å². The summed E-state index contributed by atoms with van der Waals surface area (Å²) in [6.07, 6.45) is 5.74. The molecule has 1 rings (SSSR count). The van der Waals surface area contributed by atoms with Crippen LogP contribution in [0.2, 0.25) is 0 Å². The summed E-state index contributed by atoms with van der Waals surface area (Å²) in [5.74, 6) is -11.1. The first kappa shape index (κ1) is 66.9. The maximum atomic E-state index is 14.1. The van der Waals surface area contributed by atoms with Crippen LogP contribution in [0.15, 0.2) is 17.3 Å². The molecule has 0 aromatic carbocycles. The number of unbranched alkanes of at least 4 members (excludes halogenated alkanes) is 8. The van der Waals surface area contributed by atoms with Gasteiger partial charge in [0.1, 0.15) is 24.2 Å². The fraction of sp³-hybridized carbons (Fsp3) is 0.750. The number of nitrogens with two attached hydrogens (primary N) is 2. The monoisotopic (exact) mass is 1070 g/mol.